The van der Waals surface area contributed by atoms with E-state index >= 15 is 0 Å². The summed E-state index contributed by atoms with van der Waals surface area (Å²) in [7, 11) is 0. The van der Waals surface area contributed by atoms with E-state index in [4.69, 9.17) is 0 Å². The largest absolute Gasteiger partial charge is 0.507 e. The van der Waals surface area contributed by atoms with Crippen LogP contribution in [0.1, 0.15) is 58.2 Å². The number of rotatable bonds is 0. The molecule has 0 spiro atoms. The van der Waals surface area contributed by atoms with E-state index in [1.165, 1.54) is 0 Å². The van der Waals surface area contributed by atoms with Crippen molar-refractivity contribution in [1.82, 2.24) is 0 Å². The molecular weight excluding hydrogens is 228 g/mol. The minimum Gasteiger partial charge on any atom is -0.507 e. The number of hydrogen-bond acceptors (Lipinski definition) is 3. The van der Waals surface area contributed by atoms with Crippen LogP contribution in [0.2, 0.25) is 0 Å². The van der Waals surface area contributed by atoms with Crippen molar-refractivity contribution in [1.29, 1.82) is 0 Å². The van der Waals surface area contributed by atoms with Crippen molar-refractivity contribution in [3.8, 4) is 17.2 Å². The van der Waals surface area contributed by atoms with E-state index < -0.39 is 10.8 Å². The molecule has 102 valence electrons. The Bertz CT molecular complexity index is 433. The van der Waals surface area contributed by atoms with Crippen molar-refractivity contribution in [3.63, 3.8) is 0 Å². The van der Waals surface area contributed by atoms with E-state index in [2.05, 4.69) is 0 Å². The molecule has 0 amide bonds. The van der Waals surface area contributed by atoms with Crippen molar-refractivity contribution in [2.24, 2.45) is 0 Å². The lowest BCUT2D eigenvalue weighted by Gasteiger charge is -2.29. The van der Waals surface area contributed by atoms with Crippen LogP contribution in [0, 0.1) is 6.92 Å². The molecule has 3 heteroatoms. The predicted molar refractivity (Wildman–Crippen MR) is 73.6 cm³/mol. The third-order valence-corrected chi connectivity index (χ3v) is 3.16. The quantitative estimate of drug-likeness (QED) is 0.659. The Morgan fingerprint density at radius 2 is 0.889 bits per heavy atom. The smallest absolute Gasteiger partial charge is 0.130 e. The highest BCUT2D eigenvalue weighted by atomic mass is 16.3. The topological polar surface area (TPSA) is 60.7 Å². The second kappa shape index (κ2) is 4.08. The molecule has 0 atom stereocenters. The molecule has 0 saturated carbocycles. The molecule has 0 aromatic heterocycles. The van der Waals surface area contributed by atoms with Crippen LogP contribution in [0.5, 0.6) is 17.2 Å². The highest BCUT2D eigenvalue weighted by Gasteiger charge is 2.33. The molecule has 0 radical (unpaired) electrons. The molecule has 1 aromatic carbocycles. The SMILES string of the molecule is Cc1c(O)c(C(C)(C)C)c(O)c(C(C)(C)C)c1O. The summed E-state index contributed by atoms with van der Waals surface area (Å²) in [5.74, 6) is -0.0494. The maximum Gasteiger partial charge on any atom is 0.130 e. The van der Waals surface area contributed by atoms with Crippen molar-refractivity contribution in [2.45, 2.75) is 59.3 Å². The Morgan fingerprint density at radius 1 is 0.611 bits per heavy atom. The lowest BCUT2D eigenvalue weighted by molar-refractivity contribution is 0.372. The third kappa shape index (κ3) is 2.26. The van der Waals surface area contributed by atoms with Gasteiger partial charge in [0.25, 0.3) is 0 Å². The first kappa shape index (κ1) is 14.7. The Morgan fingerprint density at radius 3 is 1.11 bits per heavy atom. The van der Waals surface area contributed by atoms with Crippen LogP contribution in [0.25, 0.3) is 0 Å². The minimum atomic E-state index is -0.396. The van der Waals surface area contributed by atoms with Gasteiger partial charge in [0.2, 0.25) is 0 Å². The molecule has 0 heterocycles. The van der Waals surface area contributed by atoms with Crippen molar-refractivity contribution in [2.75, 3.05) is 0 Å². The average Bonchev–Trinajstić information content (AvgIpc) is 2.09. The Labute approximate surface area is 109 Å². The van der Waals surface area contributed by atoms with Gasteiger partial charge in [0.1, 0.15) is 17.2 Å². The standard InChI is InChI=1S/C15H24O3/c1-8-11(16)9(14(2,3)4)13(18)10(12(8)17)15(5,6)7/h16-18H,1-7H3. The van der Waals surface area contributed by atoms with Gasteiger partial charge in [-0.2, -0.15) is 0 Å². The minimum absolute atomic E-state index is 0.00407. The average molecular weight is 252 g/mol. The molecule has 3 nitrogen and oxygen atoms in total. The van der Waals surface area contributed by atoms with Gasteiger partial charge in [0.15, 0.2) is 0 Å². The van der Waals surface area contributed by atoms with Gasteiger partial charge in [0, 0.05) is 16.7 Å². The molecule has 1 aromatic rings. The van der Waals surface area contributed by atoms with Gasteiger partial charge in [0.05, 0.1) is 0 Å². The van der Waals surface area contributed by atoms with Crippen molar-refractivity contribution >= 4 is 0 Å². The van der Waals surface area contributed by atoms with Gasteiger partial charge < -0.3 is 15.3 Å². The molecule has 0 saturated heterocycles. The molecular formula is C15H24O3. The maximum atomic E-state index is 10.4. The normalized spacial score (nSPS) is 12.8. The second-order valence-corrected chi connectivity index (χ2v) is 6.92. The maximum absolute atomic E-state index is 10.4. The summed E-state index contributed by atoms with van der Waals surface area (Å²) in [5, 5.41) is 30.8. The van der Waals surface area contributed by atoms with Crippen LogP contribution in [-0.4, -0.2) is 15.3 Å². The van der Waals surface area contributed by atoms with E-state index in [1.807, 2.05) is 41.5 Å². The number of phenols is 3. The summed E-state index contributed by atoms with van der Waals surface area (Å²) in [6, 6.07) is 0. The summed E-state index contributed by atoms with van der Waals surface area (Å²) in [6.45, 7) is 13.2. The summed E-state index contributed by atoms with van der Waals surface area (Å²) in [4.78, 5) is 0. The lowest BCUT2D eigenvalue weighted by atomic mass is 9.77. The number of phenolic OH excluding ortho intramolecular Hbond substituents is 3. The van der Waals surface area contributed by atoms with Gasteiger partial charge in [-0.1, -0.05) is 41.5 Å². The summed E-state index contributed by atoms with van der Waals surface area (Å²) >= 11 is 0. The van der Waals surface area contributed by atoms with Crippen LogP contribution < -0.4 is 0 Å². The van der Waals surface area contributed by atoms with Crippen LogP contribution in [0.3, 0.4) is 0 Å². The molecule has 0 bridgehead atoms. The highest BCUT2D eigenvalue weighted by molar-refractivity contribution is 5.64. The number of hydrogen-bond donors (Lipinski definition) is 3. The molecule has 3 N–H and O–H groups in total. The second-order valence-electron chi connectivity index (χ2n) is 6.92. The zero-order chi connectivity index (χ0) is 14.5. The van der Waals surface area contributed by atoms with E-state index in [-0.39, 0.29) is 17.2 Å². The predicted octanol–water partition coefficient (Wildman–Crippen LogP) is 3.71. The van der Waals surface area contributed by atoms with Crippen LogP contribution in [-0.2, 0) is 10.8 Å². The molecule has 0 fully saturated rings. The lowest BCUT2D eigenvalue weighted by Crippen LogP contribution is -2.18. The van der Waals surface area contributed by atoms with Gasteiger partial charge in [-0.3, -0.25) is 0 Å². The fourth-order valence-electron chi connectivity index (χ4n) is 2.26. The van der Waals surface area contributed by atoms with E-state index in [0.717, 1.165) is 0 Å². The Hall–Kier alpha value is -1.38. The summed E-state index contributed by atoms with van der Waals surface area (Å²) in [5.41, 5.74) is 0.604. The zero-order valence-corrected chi connectivity index (χ0v) is 12.3. The van der Waals surface area contributed by atoms with Crippen LogP contribution >= 0.6 is 0 Å². The summed E-state index contributed by atoms with van der Waals surface area (Å²) < 4.78 is 0. The fraction of sp³-hybridized carbons (Fsp3) is 0.600. The van der Waals surface area contributed by atoms with E-state index in [1.54, 1.807) is 6.92 Å². The van der Waals surface area contributed by atoms with Gasteiger partial charge in [-0.15, -0.1) is 0 Å². The zero-order valence-electron chi connectivity index (χ0n) is 12.3. The molecule has 1 rings (SSSR count). The van der Waals surface area contributed by atoms with Gasteiger partial charge in [-0.05, 0) is 17.8 Å². The molecule has 0 aliphatic rings. The number of aromatic hydroxyl groups is 3. The first-order valence-electron chi connectivity index (χ1n) is 6.17. The Kier molecular flexibility index (Phi) is 3.32. The molecule has 0 aliphatic heterocycles. The molecule has 18 heavy (non-hydrogen) atoms. The summed E-state index contributed by atoms with van der Waals surface area (Å²) in [6.07, 6.45) is 0. The highest BCUT2D eigenvalue weighted by Crippen LogP contribution is 2.50. The number of benzene rings is 1. The first-order chi connectivity index (χ1) is 7.89. The van der Waals surface area contributed by atoms with Crippen LogP contribution in [0.4, 0.5) is 0 Å². The Balaban J connectivity index is 3.83. The van der Waals surface area contributed by atoms with E-state index in [9.17, 15) is 15.3 Å². The molecule has 0 aliphatic carbocycles. The van der Waals surface area contributed by atoms with Crippen molar-refractivity contribution < 1.29 is 15.3 Å². The van der Waals surface area contributed by atoms with Gasteiger partial charge >= 0.3 is 0 Å². The first-order valence-corrected chi connectivity index (χ1v) is 6.17. The van der Waals surface area contributed by atoms with Crippen LogP contribution in [0.15, 0.2) is 0 Å². The van der Waals surface area contributed by atoms with Crippen molar-refractivity contribution in [3.05, 3.63) is 16.7 Å². The van der Waals surface area contributed by atoms with Gasteiger partial charge in [-0.25, -0.2) is 0 Å². The fourth-order valence-corrected chi connectivity index (χ4v) is 2.26. The van der Waals surface area contributed by atoms with E-state index in [0.29, 0.717) is 16.7 Å². The monoisotopic (exact) mass is 252 g/mol. The third-order valence-electron chi connectivity index (χ3n) is 3.16. The molecule has 0 unspecified atom stereocenters.